The number of hydrogen-bond donors (Lipinski definition) is 1. The molecule has 3 aromatic rings. The normalized spacial score (nSPS) is 15.9. The number of benzene rings is 1. The summed E-state index contributed by atoms with van der Waals surface area (Å²) in [6.07, 6.45) is 3.47. The van der Waals surface area contributed by atoms with E-state index in [9.17, 15) is 4.79 Å². The van der Waals surface area contributed by atoms with Crippen LogP contribution in [0.3, 0.4) is 0 Å². The Bertz CT molecular complexity index is 1060. The number of amides is 1. The lowest BCUT2D eigenvalue weighted by atomic mass is 9.88. The highest BCUT2D eigenvalue weighted by atomic mass is 79.9. The van der Waals surface area contributed by atoms with Crippen molar-refractivity contribution in [2.24, 2.45) is 13.0 Å². The van der Waals surface area contributed by atoms with Gasteiger partial charge in [-0.1, -0.05) is 46.2 Å². The number of nitrogens with one attached hydrogen (secondary N) is 1. The number of rotatable bonds is 5. The van der Waals surface area contributed by atoms with Crippen molar-refractivity contribution in [3.63, 3.8) is 0 Å². The molecule has 1 N–H and O–H groups in total. The fourth-order valence-electron chi connectivity index (χ4n) is 3.45. The van der Waals surface area contributed by atoms with Gasteiger partial charge in [-0.05, 0) is 48.9 Å². The number of anilines is 1. The molecule has 0 bridgehead atoms. The van der Waals surface area contributed by atoms with Crippen LogP contribution in [-0.4, -0.2) is 26.4 Å². The molecule has 2 heterocycles. The number of fused-ring (bicyclic) bond motifs is 1. The average molecular weight is 512 g/mol. The second-order valence-electron chi connectivity index (χ2n) is 7.23. The van der Waals surface area contributed by atoms with Crippen LogP contribution >= 0.6 is 50.6 Å². The highest BCUT2D eigenvalue weighted by Gasteiger charge is 2.23. The third-order valence-electron chi connectivity index (χ3n) is 5.02. The average Bonchev–Trinajstić information content (AvgIpc) is 3.25. The third kappa shape index (κ3) is 4.55. The minimum absolute atomic E-state index is 0.134. The van der Waals surface area contributed by atoms with E-state index in [0.717, 1.165) is 34.2 Å². The smallest absolute Gasteiger partial charge is 0.234 e. The van der Waals surface area contributed by atoms with Gasteiger partial charge in [0.2, 0.25) is 5.91 Å². The minimum atomic E-state index is -0.134. The van der Waals surface area contributed by atoms with E-state index in [1.165, 1.54) is 34.2 Å². The van der Waals surface area contributed by atoms with Crippen LogP contribution in [0, 0.1) is 5.92 Å². The largest absolute Gasteiger partial charge is 0.324 e. The molecule has 1 aliphatic carbocycles. The summed E-state index contributed by atoms with van der Waals surface area (Å²) in [6, 6.07) is 5.36. The summed E-state index contributed by atoms with van der Waals surface area (Å²) in [5.74, 6) is 1.72. The van der Waals surface area contributed by atoms with E-state index < -0.39 is 0 Å². The van der Waals surface area contributed by atoms with Crippen molar-refractivity contribution in [3.8, 4) is 11.4 Å². The van der Waals surface area contributed by atoms with E-state index in [4.69, 9.17) is 11.6 Å². The summed E-state index contributed by atoms with van der Waals surface area (Å²) in [5, 5.41) is 15.0. The van der Waals surface area contributed by atoms with Crippen molar-refractivity contribution < 1.29 is 4.79 Å². The predicted molar refractivity (Wildman–Crippen MR) is 124 cm³/mol. The first-order valence-corrected chi connectivity index (χ1v) is 12.3. The minimum Gasteiger partial charge on any atom is -0.324 e. The Hall–Kier alpha value is -1.35. The molecule has 1 aromatic carbocycles. The molecule has 5 nitrogen and oxygen atoms in total. The van der Waals surface area contributed by atoms with Crippen LogP contribution in [0.2, 0.25) is 5.02 Å². The predicted octanol–water partition coefficient (Wildman–Crippen LogP) is 5.82. The van der Waals surface area contributed by atoms with Crippen molar-refractivity contribution in [1.29, 1.82) is 0 Å². The van der Waals surface area contributed by atoms with E-state index in [-0.39, 0.29) is 11.7 Å². The van der Waals surface area contributed by atoms with Gasteiger partial charge in [-0.25, -0.2) is 0 Å². The molecule has 1 aliphatic rings. The molecule has 1 atom stereocenters. The number of nitrogens with zero attached hydrogens (tertiary/aromatic N) is 3. The molecule has 152 valence electrons. The number of carbonyl (C=O) groups excluding carboxylic acids is 1. The van der Waals surface area contributed by atoms with Crippen molar-refractivity contribution >= 4 is 62.2 Å². The van der Waals surface area contributed by atoms with Crippen LogP contribution in [0.25, 0.3) is 11.4 Å². The molecular weight excluding hydrogens is 492 g/mol. The van der Waals surface area contributed by atoms with E-state index in [0.29, 0.717) is 10.7 Å². The van der Waals surface area contributed by atoms with Gasteiger partial charge in [0.25, 0.3) is 0 Å². The molecule has 9 heteroatoms. The standard InChI is InChI=1S/C20H20BrClN4OS2/c1-11-3-5-13-14(9-28-17(13)7-11)19-24-25-20(26(19)2)29-10-18(27)23-16-6-4-12(21)8-15(16)22/h4,6,8-9,11H,3,5,7,10H2,1-2H3,(H,23,27). The monoisotopic (exact) mass is 510 g/mol. The van der Waals surface area contributed by atoms with Crippen molar-refractivity contribution in [2.45, 2.75) is 31.3 Å². The van der Waals surface area contributed by atoms with E-state index in [1.54, 1.807) is 12.1 Å². The first-order valence-electron chi connectivity index (χ1n) is 9.29. The second-order valence-corrected chi connectivity index (χ2v) is 10.5. The Kier molecular flexibility index (Phi) is 6.34. The maximum Gasteiger partial charge on any atom is 0.234 e. The zero-order valence-electron chi connectivity index (χ0n) is 16.0. The number of halogens is 2. The lowest BCUT2D eigenvalue weighted by Gasteiger charge is -2.18. The zero-order chi connectivity index (χ0) is 20.5. The van der Waals surface area contributed by atoms with Gasteiger partial charge in [0, 0.05) is 27.3 Å². The van der Waals surface area contributed by atoms with Gasteiger partial charge in [0.05, 0.1) is 16.5 Å². The first kappa shape index (κ1) is 20.9. The second kappa shape index (κ2) is 8.79. The van der Waals surface area contributed by atoms with Crippen molar-refractivity contribution in [2.75, 3.05) is 11.1 Å². The lowest BCUT2D eigenvalue weighted by Crippen LogP contribution is -2.14. The van der Waals surface area contributed by atoms with Gasteiger partial charge in [-0.2, -0.15) is 0 Å². The molecule has 0 saturated carbocycles. The third-order valence-corrected chi connectivity index (χ3v) is 7.89. The fourth-order valence-corrected chi connectivity index (χ4v) is 6.12. The summed E-state index contributed by atoms with van der Waals surface area (Å²) in [4.78, 5) is 13.8. The molecule has 2 aromatic heterocycles. The number of thiophene rings is 1. The van der Waals surface area contributed by atoms with Crippen LogP contribution in [-0.2, 0) is 24.7 Å². The molecule has 0 saturated heterocycles. The number of hydrogen-bond acceptors (Lipinski definition) is 5. The Labute approximate surface area is 191 Å². The van der Waals surface area contributed by atoms with Gasteiger partial charge in [0.15, 0.2) is 11.0 Å². The van der Waals surface area contributed by atoms with Crippen molar-refractivity contribution in [1.82, 2.24) is 14.8 Å². The molecule has 1 unspecified atom stereocenters. The quantitative estimate of drug-likeness (QED) is 0.439. The van der Waals surface area contributed by atoms with Crippen LogP contribution in [0.1, 0.15) is 23.8 Å². The van der Waals surface area contributed by atoms with Crippen LogP contribution < -0.4 is 5.32 Å². The molecule has 0 aliphatic heterocycles. The van der Waals surface area contributed by atoms with E-state index in [1.807, 2.05) is 29.0 Å². The highest BCUT2D eigenvalue weighted by Crippen LogP contribution is 2.38. The van der Waals surface area contributed by atoms with Crippen LogP contribution in [0.4, 0.5) is 5.69 Å². The molecule has 1 amide bonds. The summed E-state index contributed by atoms with van der Waals surface area (Å²) in [6.45, 7) is 2.31. The zero-order valence-corrected chi connectivity index (χ0v) is 20.0. The topological polar surface area (TPSA) is 59.8 Å². The Morgan fingerprint density at radius 2 is 2.28 bits per heavy atom. The van der Waals surface area contributed by atoms with E-state index in [2.05, 4.69) is 43.7 Å². The number of aromatic nitrogens is 3. The maximum absolute atomic E-state index is 12.3. The molecule has 0 radical (unpaired) electrons. The van der Waals surface area contributed by atoms with Crippen molar-refractivity contribution in [3.05, 3.63) is 43.5 Å². The van der Waals surface area contributed by atoms with Gasteiger partial charge >= 0.3 is 0 Å². The van der Waals surface area contributed by atoms with Crippen LogP contribution in [0.5, 0.6) is 0 Å². The SMILES string of the molecule is CC1CCc2c(-c3nnc(SCC(=O)Nc4ccc(Br)cc4Cl)n3C)csc2C1. The molecule has 29 heavy (non-hydrogen) atoms. The first-order chi connectivity index (χ1) is 13.9. The Morgan fingerprint density at radius 3 is 3.07 bits per heavy atom. The summed E-state index contributed by atoms with van der Waals surface area (Å²) in [5.41, 5.74) is 3.20. The van der Waals surface area contributed by atoms with Gasteiger partial charge in [0.1, 0.15) is 0 Å². The van der Waals surface area contributed by atoms with Gasteiger partial charge < -0.3 is 9.88 Å². The highest BCUT2D eigenvalue weighted by molar-refractivity contribution is 9.10. The maximum atomic E-state index is 12.3. The lowest BCUT2D eigenvalue weighted by molar-refractivity contribution is -0.113. The van der Waals surface area contributed by atoms with E-state index >= 15 is 0 Å². The Morgan fingerprint density at radius 1 is 1.45 bits per heavy atom. The Balaban J connectivity index is 1.44. The van der Waals surface area contributed by atoms with Crippen LogP contribution in [0.15, 0.2) is 33.2 Å². The summed E-state index contributed by atoms with van der Waals surface area (Å²) in [7, 11) is 1.96. The fraction of sp³-hybridized carbons (Fsp3) is 0.350. The molecule has 0 spiro atoms. The van der Waals surface area contributed by atoms with Gasteiger partial charge in [-0.3, -0.25) is 4.79 Å². The molecule has 4 rings (SSSR count). The summed E-state index contributed by atoms with van der Waals surface area (Å²) >= 11 is 12.7. The molecular formula is C20H20BrClN4OS2. The molecule has 0 fully saturated rings. The summed E-state index contributed by atoms with van der Waals surface area (Å²) < 4.78 is 2.84. The van der Waals surface area contributed by atoms with Gasteiger partial charge in [-0.15, -0.1) is 21.5 Å². The number of thioether (sulfide) groups is 1. The number of carbonyl (C=O) groups is 1.